The van der Waals surface area contributed by atoms with E-state index in [4.69, 9.17) is 14.9 Å². The van der Waals surface area contributed by atoms with Crippen LogP contribution in [-0.4, -0.2) is 7.11 Å². The van der Waals surface area contributed by atoms with Crippen molar-refractivity contribution in [3.8, 4) is 5.95 Å². The molecule has 2 aromatic rings. The lowest BCUT2D eigenvalue weighted by atomic mass is 10.1. The third-order valence-corrected chi connectivity index (χ3v) is 2.87. The normalized spacial score (nSPS) is 12.4. The van der Waals surface area contributed by atoms with Crippen molar-refractivity contribution in [3.05, 3.63) is 52.2 Å². The minimum absolute atomic E-state index is 0.267. The van der Waals surface area contributed by atoms with Crippen LogP contribution in [0.3, 0.4) is 0 Å². The van der Waals surface area contributed by atoms with E-state index >= 15 is 0 Å². The number of nitrogens with two attached hydrogens (primary N) is 1. The van der Waals surface area contributed by atoms with Gasteiger partial charge < -0.3 is 14.9 Å². The smallest absolute Gasteiger partial charge is 0.284 e. The molecule has 0 fully saturated rings. The molecule has 4 heteroatoms. The van der Waals surface area contributed by atoms with E-state index in [-0.39, 0.29) is 6.04 Å². The number of benzene rings is 1. The minimum atomic E-state index is -0.267. The minimum Gasteiger partial charge on any atom is -0.468 e. The van der Waals surface area contributed by atoms with Crippen LogP contribution in [0.4, 0.5) is 0 Å². The second-order valence-electron chi connectivity index (χ2n) is 3.39. The van der Waals surface area contributed by atoms with Gasteiger partial charge >= 0.3 is 0 Å². The van der Waals surface area contributed by atoms with Gasteiger partial charge in [0.15, 0.2) is 0 Å². The average molecular weight is 282 g/mol. The van der Waals surface area contributed by atoms with Gasteiger partial charge in [0.2, 0.25) is 0 Å². The summed E-state index contributed by atoms with van der Waals surface area (Å²) < 4.78 is 11.4. The van der Waals surface area contributed by atoms with E-state index in [0.29, 0.717) is 11.7 Å². The number of furan rings is 1. The Bertz CT molecular complexity index is 464. The molecule has 0 amide bonds. The highest BCUT2D eigenvalue weighted by Crippen LogP contribution is 2.25. The van der Waals surface area contributed by atoms with Crippen LogP contribution in [0.25, 0.3) is 0 Å². The van der Waals surface area contributed by atoms with Crippen LogP contribution in [0.5, 0.6) is 5.95 Å². The zero-order valence-corrected chi connectivity index (χ0v) is 10.4. The average Bonchev–Trinajstić information content (AvgIpc) is 2.77. The van der Waals surface area contributed by atoms with Crippen LogP contribution in [-0.2, 0) is 0 Å². The molecule has 2 rings (SSSR count). The summed E-state index contributed by atoms with van der Waals surface area (Å²) in [5.74, 6) is 1.17. The third kappa shape index (κ3) is 2.28. The monoisotopic (exact) mass is 281 g/mol. The van der Waals surface area contributed by atoms with Crippen LogP contribution in [0.1, 0.15) is 17.4 Å². The van der Waals surface area contributed by atoms with Crippen molar-refractivity contribution in [3.63, 3.8) is 0 Å². The Morgan fingerprint density at radius 3 is 2.44 bits per heavy atom. The Labute approximate surface area is 102 Å². The SMILES string of the molecule is COc1ccc(C(N)c2ccc(Br)cc2)o1. The molecular formula is C12H12BrNO2. The molecule has 2 N–H and O–H groups in total. The van der Waals surface area contributed by atoms with Crippen molar-refractivity contribution >= 4 is 15.9 Å². The maximum Gasteiger partial charge on any atom is 0.284 e. The summed E-state index contributed by atoms with van der Waals surface area (Å²) in [5.41, 5.74) is 7.07. The molecule has 0 aliphatic heterocycles. The first kappa shape index (κ1) is 11.2. The summed E-state index contributed by atoms with van der Waals surface area (Å²) in [7, 11) is 1.56. The fourth-order valence-corrected chi connectivity index (χ4v) is 1.71. The predicted molar refractivity (Wildman–Crippen MR) is 65.4 cm³/mol. The lowest BCUT2D eigenvalue weighted by molar-refractivity contribution is 0.291. The zero-order chi connectivity index (χ0) is 11.5. The number of ether oxygens (including phenoxy) is 1. The van der Waals surface area contributed by atoms with Crippen molar-refractivity contribution in [2.24, 2.45) is 5.73 Å². The second-order valence-corrected chi connectivity index (χ2v) is 4.31. The summed E-state index contributed by atoms with van der Waals surface area (Å²) in [6.45, 7) is 0. The molecule has 0 saturated carbocycles. The van der Waals surface area contributed by atoms with Crippen molar-refractivity contribution in [1.82, 2.24) is 0 Å². The number of halogens is 1. The molecule has 0 saturated heterocycles. The molecule has 0 radical (unpaired) electrons. The lowest BCUT2D eigenvalue weighted by Crippen LogP contribution is -2.10. The molecule has 16 heavy (non-hydrogen) atoms. The summed E-state index contributed by atoms with van der Waals surface area (Å²) in [6.07, 6.45) is 0. The van der Waals surface area contributed by atoms with Crippen molar-refractivity contribution < 1.29 is 9.15 Å². The lowest BCUT2D eigenvalue weighted by Gasteiger charge is -2.08. The third-order valence-electron chi connectivity index (χ3n) is 2.34. The second kappa shape index (κ2) is 4.72. The van der Waals surface area contributed by atoms with Crippen LogP contribution in [0, 0.1) is 0 Å². The first-order valence-corrected chi connectivity index (χ1v) is 5.65. The highest BCUT2D eigenvalue weighted by molar-refractivity contribution is 9.10. The predicted octanol–water partition coefficient (Wildman–Crippen LogP) is 3.10. The van der Waals surface area contributed by atoms with Crippen molar-refractivity contribution in [2.45, 2.75) is 6.04 Å². The van der Waals surface area contributed by atoms with E-state index in [0.717, 1.165) is 10.0 Å². The maximum atomic E-state index is 6.07. The van der Waals surface area contributed by atoms with Gasteiger partial charge in [-0.05, 0) is 23.8 Å². The maximum absolute atomic E-state index is 6.07. The molecule has 0 aliphatic rings. The molecule has 1 heterocycles. The fourth-order valence-electron chi connectivity index (χ4n) is 1.45. The molecule has 1 aromatic carbocycles. The van der Waals surface area contributed by atoms with Gasteiger partial charge in [-0.1, -0.05) is 28.1 Å². The van der Waals surface area contributed by atoms with E-state index in [2.05, 4.69) is 15.9 Å². The fraction of sp³-hybridized carbons (Fsp3) is 0.167. The Balaban J connectivity index is 2.24. The van der Waals surface area contributed by atoms with Gasteiger partial charge in [-0.3, -0.25) is 0 Å². The summed E-state index contributed by atoms with van der Waals surface area (Å²) in [4.78, 5) is 0. The molecule has 1 atom stereocenters. The number of hydrogen-bond acceptors (Lipinski definition) is 3. The van der Waals surface area contributed by atoms with Gasteiger partial charge in [-0.25, -0.2) is 0 Å². The number of methoxy groups -OCH3 is 1. The van der Waals surface area contributed by atoms with E-state index in [1.54, 1.807) is 13.2 Å². The summed E-state index contributed by atoms with van der Waals surface area (Å²) in [5, 5.41) is 0. The summed E-state index contributed by atoms with van der Waals surface area (Å²) in [6, 6.07) is 11.1. The van der Waals surface area contributed by atoms with Gasteiger partial charge in [-0.15, -0.1) is 0 Å². The van der Waals surface area contributed by atoms with Crippen molar-refractivity contribution in [1.29, 1.82) is 0 Å². The molecule has 1 aromatic heterocycles. The van der Waals surface area contributed by atoms with E-state index in [9.17, 15) is 0 Å². The van der Waals surface area contributed by atoms with Gasteiger partial charge in [0.25, 0.3) is 5.95 Å². The van der Waals surface area contributed by atoms with Crippen molar-refractivity contribution in [2.75, 3.05) is 7.11 Å². The van der Waals surface area contributed by atoms with Crippen LogP contribution < -0.4 is 10.5 Å². The van der Waals surface area contributed by atoms with E-state index in [1.165, 1.54) is 0 Å². The standard InChI is InChI=1S/C12H12BrNO2/c1-15-11-7-6-10(16-11)12(14)8-2-4-9(13)5-3-8/h2-7,12H,14H2,1H3. The first-order valence-electron chi connectivity index (χ1n) is 4.85. The van der Waals surface area contributed by atoms with Gasteiger partial charge in [0.05, 0.1) is 13.2 Å². The molecule has 1 unspecified atom stereocenters. The zero-order valence-electron chi connectivity index (χ0n) is 8.81. The Morgan fingerprint density at radius 1 is 1.19 bits per heavy atom. The van der Waals surface area contributed by atoms with Gasteiger partial charge in [-0.2, -0.15) is 0 Å². The van der Waals surface area contributed by atoms with Gasteiger partial charge in [0, 0.05) is 10.5 Å². The molecule has 0 bridgehead atoms. The summed E-state index contributed by atoms with van der Waals surface area (Å²) >= 11 is 3.38. The molecule has 84 valence electrons. The Hall–Kier alpha value is -1.26. The van der Waals surface area contributed by atoms with Crippen LogP contribution in [0.15, 0.2) is 45.3 Å². The topological polar surface area (TPSA) is 48.4 Å². The van der Waals surface area contributed by atoms with E-state index < -0.39 is 0 Å². The first-order chi connectivity index (χ1) is 7.70. The highest BCUT2D eigenvalue weighted by atomic mass is 79.9. The molecule has 3 nitrogen and oxygen atoms in total. The largest absolute Gasteiger partial charge is 0.468 e. The van der Waals surface area contributed by atoms with Crippen LogP contribution >= 0.6 is 15.9 Å². The number of rotatable bonds is 3. The molecule has 0 spiro atoms. The Kier molecular flexibility index (Phi) is 3.31. The van der Waals surface area contributed by atoms with E-state index in [1.807, 2.05) is 30.3 Å². The van der Waals surface area contributed by atoms with Crippen LogP contribution in [0.2, 0.25) is 0 Å². The molecule has 0 aliphatic carbocycles. The molecular weight excluding hydrogens is 270 g/mol. The quantitative estimate of drug-likeness (QED) is 0.941. The Morgan fingerprint density at radius 2 is 1.88 bits per heavy atom. The highest BCUT2D eigenvalue weighted by Gasteiger charge is 2.13. The van der Waals surface area contributed by atoms with Gasteiger partial charge in [0.1, 0.15) is 5.76 Å². The number of hydrogen-bond donors (Lipinski definition) is 1.